The molecule has 1 saturated heterocycles. The Hall–Kier alpha value is -2.49. The Balaban J connectivity index is 1.75. The summed E-state index contributed by atoms with van der Waals surface area (Å²) in [5.41, 5.74) is 4.00. The third-order valence-electron chi connectivity index (χ3n) is 6.26. The van der Waals surface area contributed by atoms with Crippen molar-refractivity contribution in [3.8, 4) is 0 Å². The summed E-state index contributed by atoms with van der Waals surface area (Å²) in [4.78, 5) is 25.6. The number of ketones is 1. The number of rotatable bonds is 8. The number of aliphatic hydroxyl groups is 1. The molecule has 1 aromatic heterocycles. The maximum Gasteiger partial charge on any atom is 0.325 e. The molecule has 1 N–H and O–H groups in total. The van der Waals surface area contributed by atoms with Crippen molar-refractivity contribution in [2.75, 3.05) is 13.2 Å². The van der Waals surface area contributed by atoms with Crippen molar-refractivity contribution < 1.29 is 27.9 Å². The molecule has 0 saturated carbocycles. The molecule has 1 aromatic carbocycles. The highest BCUT2D eigenvalue weighted by Gasteiger charge is 2.44. The first-order valence-electron chi connectivity index (χ1n) is 11.1. The molecule has 9 heteroatoms. The van der Waals surface area contributed by atoms with Crippen LogP contribution in [-0.4, -0.2) is 59.4 Å². The maximum atomic E-state index is 13.2. The fourth-order valence-corrected chi connectivity index (χ4v) is 5.95. The van der Waals surface area contributed by atoms with Crippen molar-refractivity contribution in [1.82, 2.24) is 8.87 Å². The molecule has 1 fully saturated rings. The van der Waals surface area contributed by atoms with Crippen LogP contribution in [-0.2, 0) is 26.1 Å². The Morgan fingerprint density at radius 3 is 2.45 bits per heavy atom. The number of hydrogen-bond donors (Lipinski definition) is 1. The van der Waals surface area contributed by atoms with Gasteiger partial charge in [0.25, 0.3) is 0 Å². The molecule has 3 rings (SSSR count). The van der Waals surface area contributed by atoms with Gasteiger partial charge in [-0.25, -0.2) is 8.42 Å². The Labute approximate surface area is 195 Å². The number of aryl methyl sites for hydroxylation is 3. The topological polar surface area (TPSA) is 106 Å². The van der Waals surface area contributed by atoms with Gasteiger partial charge in [0.2, 0.25) is 15.8 Å². The van der Waals surface area contributed by atoms with Gasteiger partial charge in [0.05, 0.1) is 11.0 Å². The number of nitrogens with zero attached hydrogens (tertiary/aromatic N) is 2. The summed E-state index contributed by atoms with van der Waals surface area (Å²) in [6.45, 7) is 9.60. The first-order valence-corrected chi connectivity index (χ1v) is 12.5. The zero-order valence-corrected chi connectivity index (χ0v) is 20.6. The molecule has 0 bridgehead atoms. The normalized spacial score (nSPS) is 19.1. The van der Waals surface area contributed by atoms with Crippen molar-refractivity contribution in [2.24, 2.45) is 0 Å². The van der Waals surface area contributed by atoms with E-state index in [0.29, 0.717) is 5.56 Å². The second-order valence-electron chi connectivity index (χ2n) is 8.69. The lowest BCUT2D eigenvalue weighted by Gasteiger charge is -2.22. The molecule has 0 amide bonds. The molecule has 33 heavy (non-hydrogen) atoms. The van der Waals surface area contributed by atoms with E-state index in [4.69, 9.17) is 4.74 Å². The van der Waals surface area contributed by atoms with Gasteiger partial charge in [-0.1, -0.05) is 13.0 Å². The Morgan fingerprint density at radius 1 is 1.12 bits per heavy atom. The molecule has 2 heterocycles. The van der Waals surface area contributed by atoms with Crippen LogP contribution in [0.15, 0.2) is 29.2 Å². The lowest BCUT2D eigenvalue weighted by Crippen LogP contribution is -2.42. The van der Waals surface area contributed by atoms with Crippen LogP contribution in [0.25, 0.3) is 0 Å². The molecule has 0 aliphatic carbocycles. The molecule has 1 aliphatic heterocycles. The van der Waals surface area contributed by atoms with E-state index in [2.05, 4.69) is 6.92 Å². The van der Waals surface area contributed by atoms with E-state index in [1.54, 1.807) is 18.2 Å². The van der Waals surface area contributed by atoms with E-state index in [1.807, 2.05) is 32.3 Å². The number of sulfonamides is 1. The number of hydrogen-bond acceptors (Lipinski definition) is 6. The van der Waals surface area contributed by atoms with Crippen LogP contribution in [0.3, 0.4) is 0 Å². The summed E-state index contributed by atoms with van der Waals surface area (Å²) >= 11 is 0. The maximum absolute atomic E-state index is 13.2. The van der Waals surface area contributed by atoms with Crippen LogP contribution >= 0.6 is 0 Å². The molecule has 0 spiro atoms. The smallest absolute Gasteiger partial charge is 0.325 e. The third-order valence-corrected chi connectivity index (χ3v) is 8.13. The van der Waals surface area contributed by atoms with Crippen LogP contribution in [0.2, 0.25) is 0 Å². The minimum absolute atomic E-state index is 0.0527. The van der Waals surface area contributed by atoms with E-state index < -0.39 is 34.7 Å². The van der Waals surface area contributed by atoms with E-state index >= 15 is 0 Å². The highest BCUT2D eigenvalue weighted by molar-refractivity contribution is 7.89. The number of carbonyl (C=O) groups is 2. The number of aliphatic hydroxyl groups excluding tert-OH is 1. The monoisotopic (exact) mass is 476 g/mol. The molecule has 2 atom stereocenters. The second-order valence-corrected chi connectivity index (χ2v) is 10.6. The van der Waals surface area contributed by atoms with Crippen LogP contribution in [0.1, 0.15) is 52.6 Å². The quantitative estimate of drug-likeness (QED) is 0.464. The lowest BCUT2D eigenvalue weighted by molar-refractivity contribution is -0.146. The first kappa shape index (κ1) is 25.1. The Kier molecular flexibility index (Phi) is 7.45. The van der Waals surface area contributed by atoms with E-state index in [0.717, 1.165) is 39.8 Å². The second kappa shape index (κ2) is 9.79. The van der Waals surface area contributed by atoms with Crippen molar-refractivity contribution in [1.29, 1.82) is 0 Å². The van der Waals surface area contributed by atoms with Gasteiger partial charge in [-0.2, -0.15) is 4.31 Å². The van der Waals surface area contributed by atoms with Crippen LogP contribution in [0.4, 0.5) is 0 Å². The van der Waals surface area contributed by atoms with Gasteiger partial charge in [0, 0.05) is 36.5 Å². The van der Waals surface area contributed by atoms with Crippen LogP contribution < -0.4 is 0 Å². The fraction of sp³-hybridized carbons (Fsp3) is 0.500. The van der Waals surface area contributed by atoms with E-state index in [1.165, 1.54) is 6.07 Å². The summed E-state index contributed by atoms with van der Waals surface area (Å²) in [7, 11) is -4.03. The zero-order chi connectivity index (χ0) is 24.5. The average Bonchev–Trinajstić information content (AvgIpc) is 3.29. The molecule has 2 aromatic rings. The van der Waals surface area contributed by atoms with Gasteiger partial charge in [0.1, 0.15) is 6.04 Å². The Bertz CT molecular complexity index is 1170. The molecular formula is C24H32N2O6S. The molecule has 0 radical (unpaired) electrons. The highest BCUT2D eigenvalue weighted by Crippen LogP contribution is 2.28. The van der Waals surface area contributed by atoms with Gasteiger partial charge < -0.3 is 14.4 Å². The van der Waals surface area contributed by atoms with Gasteiger partial charge in [-0.15, -0.1) is 0 Å². The minimum Gasteiger partial charge on any atom is -0.456 e. The third kappa shape index (κ3) is 5.05. The molecule has 8 nitrogen and oxygen atoms in total. The van der Waals surface area contributed by atoms with Gasteiger partial charge >= 0.3 is 5.97 Å². The highest BCUT2D eigenvalue weighted by atomic mass is 32.2. The molecular weight excluding hydrogens is 444 g/mol. The van der Waals surface area contributed by atoms with E-state index in [9.17, 15) is 23.1 Å². The summed E-state index contributed by atoms with van der Waals surface area (Å²) in [5.74, 6) is -1.18. The standard InChI is InChI=1S/C24H32N2O6S/c1-6-9-25-17(4)11-21(18(25)5)23(28)14-32-24(29)22-12-19(27)13-26(22)33(30,31)20-8-7-15(2)16(3)10-20/h7-8,10-11,19,22,27H,6,9,12-14H2,1-5H3/t19?,22-/m0/s1. The summed E-state index contributed by atoms with van der Waals surface area (Å²) in [6.07, 6.45) is -0.150. The fourth-order valence-electron chi connectivity index (χ4n) is 4.24. The van der Waals surface area contributed by atoms with Gasteiger partial charge in [0.15, 0.2) is 6.61 Å². The molecule has 1 unspecified atom stereocenters. The first-order chi connectivity index (χ1) is 15.5. The predicted molar refractivity (Wildman–Crippen MR) is 124 cm³/mol. The summed E-state index contributed by atoms with van der Waals surface area (Å²) in [5, 5.41) is 10.1. The zero-order valence-electron chi connectivity index (χ0n) is 19.8. The number of carbonyl (C=O) groups excluding carboxylic acids is 2. The molecule has 180 valence electrons. The van der Waals surface area contributed by atoms with Crippen molar-refractivity contribution in [2.45, 2.75) is 71.0 Å². The van der Waals surface area contributed by atoms with Gasteiger partial charge in [-0.3, -0.25) is 9.59 Å². The van der Waals surface area contributed by atoms with Crippen LogP contribution in [0.5, 0.6) is 0 Å². The lowest BCUT2D eigenvalue weighted by atomic mass is 10.1. The number of esters is 1. The summed E-state index contributed by atoms with van der Waals surface area (Å²) < 4.78 is 34.7. The van der Waals surface area contributed by atoms with Gasteiger partial charge in [-0.05, 0) is 63.4 Å². The van der Waals surface area contributed by atoms with Crippen molar-refractivity contribution >= 4 is 21.8 Å². The van der Waals surface area contributed by atoms with Crippen molar-refractivity contribution in [3.05, 3.63) is 52.3 Å². The van der Waals surface area contributed by atoms with E-state index in [-0.39, 0.29) is 23.6 Å². The Morgan fingerprint density at radius 2 is 1.82 bits per heavy atom. The van der Waals surface area contributed by atoms with Crippen LogP contribution in [0, 0.1) is 27.7 Å². The number of benzene rings is 1. The largest absolute Gasteiger partial charge is 0.456 e. The SMILES string of the molecule is CCCn1c(C)cc(C(=O)COC(=O)[C@@H]2CC(O)CN2S(=O)(=O)c2ccc(C)c(C)c2)c1C. The number of β-amino-alcohol motifs (C(OH)–C–C–N with tert-alkyl or cyclic N) is 1. The average molecular weight is 477 g/mol. The number of aromatic nitrogens is 1. The number of ether oxygens (including phenoxy) is 1. The summed E-state index contributed by atoms with van der Waals surface area (Å²) in [6, 6.07) is 5.33. The van der Waals surface area contributed by atoms with Crippen molar-refractivity contribution in [3.63, 3.8) is 0 Å². The predicted octanol–water partition coefficient (Wildman–Crippen LogP) is 2.68. The molecule has 1 aliphatic rings. The minimum atomic E-state index is -4.03. The number of Topliss-reactive ketones (excluding diaryl/α,β-unsaturated/α-hetero) is 1.